The van der Waals surface area contributed by atoms with E-state index in [1.165, 1.54) is 0 Å². The van der Waals surface area contributed by atoms with Crippen LogP contribution in [0.15, 0.2) is 30.3 Å². The van der Waals surface area contributed by atoms with Crippen LogP contribution in [0.2, 0.25) is 0 Å². The quantitative estimate of drug-likeness (QED) is 0.755. The van der Waals surface area contributed by atoms with E-state index in [1.807, 2.05) is 44.2 Å². The predicted molar refractivity (Wildman–Crippen MR) is 85.9 cm³/mol. The molecule has 0 aromatic heterocycles. The number of hydrogen-bond acceptors (Lipinski definition) is 3. The SMILES string of the molecule is CC(CNC(=O)NC1CCCC1(C)CO)Oc1ccccc1. The highest BCUT2D eigenvalue weighted by molar-refractivity contribution is 5.74. The average molecular weight is 306 g/mol. The van der Waals surface area contributed by atoms with E-state index < -0.39 is 0 Å². The van der Waals surface area contributed by atoms with Crippen molar-refractivity contribution in [2.45, 2.75) is 45.3 Å². The molecule has 3 atom stereocenters. The number of rotatable bonds is 6. The Hall–Kier alpha value is -1.75. The molecule has 1 saturated carbocycles. The number of aliphatic hydroxyl groups is 1. The fourth-order valence-corrected chi connectivity index (χ4v) is 2.89. The van der Waals surface area contributed by atoms with Crippen molar-refractivity contribution in [2.75, 3.05) is 13.2 Å². The highest BCUT2D eigenvalue weighted by atomic mass is 16.5. The second-order valence-corrected chi connectivity index (χ2v) is 6.35. The van der Waals surface area contributed by atoms with E-state index in [0.29, 0.717) is 6.54 Å². The highest BCUT2D eigenvalue weighted by Crippen LogP contribution is 2.37. The molecule has 0 aliphatic heterocycles. The van der Waals surface area contributed by atoms with Gasteiger partial charge in [0.2, 0.25) is 0 Å². The summed E-state index contributed by atoms with van der Waals surface area (Å²) in [7, 11) is 0. The van der Waals surface area contributed by atoms with E-state index in [9.17, 15) is 9.90 Å². The van der Waals surface area contributed by atoms with Crippen LogP contribution in [-0.4, -0.2) is 36.4 Å². The molecule has 1 aliphatic rings. The van der Waals surface area contributed by atoms with Crippen LogP contribution < -0.4 is 15.4 Å². The van der Waals surface area contributed by atoms with Crippen molar-refractivity contribution >= 4 is 6.03 Å². The summed E-state index contributed by atoms with van der Waals surface area (Å²) in [4.78, 5) is 12.0. The first kappa shape index (κ1) is 16.6. The Morgan fingerprint density at radius 1 is 1.45 bits per heavy atom. The summed E-state index contributed by atoms with van der Waals surface area (Å²) in [5, 5.41) is 15.3. The standard InChI is InChI=1S/C17H26N2O3/c1-13(22-14-7-4-3-5-8-14)11-18-16(21)19-15-9-6-10-17(15,2)12-20/h3-5,7-8,13,15,20H,6,9-12H2,1-2H3,(H2,18,19,21). The Labute approximate surface area is 132 Å². The fraction of sp³-hybridized carbons (Fsp3) is 0.588. The van der Waals surface area contributed by atoms with Crippen molar-refractivity contribution < 1.29 is 14.6 Å². The number of hydrogen-bond donors (Lipinski definition) is 3. The van der Waals surface area contributed by atoms with E-state index in [0.717, 1.165) is 25.0 Å². The smallest absolute Gasteiger partial charge is 0.315 e. The van der Waals surface area contributed by atoms with Crippen LogP contribution in [0.3, 0.4) is 0 Å². The first-order chi connectivity index (χ1) is 10.5. The molecule has 5 nitrogen and oxygen atoms in total. The number of nitrogens with one attached hydrogen (secondary N) is 2. The lowest BCUT2D eigenvalue weighted by Crippen LogP contribution is -2.50. The van der Waals surface area contributed by atoms with Gasteiger partial charge in [-0.05, 0) is 31.9 Å². The summed E-state index contributed by atoms with van der Waals surface area (Å²) in [6, 6.07) is 9.38. The molecule has 5 heteroatoms. The van der Waals surface area contributed by atoms with Gasteiger partial charge in [0.05, 0.1) is 13.2 Å². The largest absolute Gasteiger partial charge is 0.489 e. The maximum atomic E-state index is 12.0. The van der Waals surface area contributed by atoms with Gasteiger partial charge in [0.1, 0.15) is 11.9 Å². The minimum Gasteiger partial charge on any atom is -0.489 e. The van der Waals surface area contributed by atoms with Crippen molar-refractivity contribution in [1.29, 1.82) is 0 Å². The van der Waals surface area contributed by atoms with Crippen LogP contribution in [0.5, 0.6) is 5.75 Å². The van der Waals surface area contributed by atoms with Gasteiger partial charge < -0.3 is 20.5 Å². The highest BCUT2D eigenvalue weighted by Gasteiger charge is 2.39. The van der Waals surface area contributed by atoms with Crippen LogP contribution in [0.4, 0.5) is 4.79 Å². The summed E-state index contributed by atoms with van der Waals surface area (Å²) in [5.41, 5.74) is -0.205. The molecule has 2 amide bonds. The van der Waals surface area contributed by atoms with Gasteiger partial charge in [0, 0.05) is 11.5 Å². The second kappa shape index (κ2) is 7.49. The number of benzene rings is 1. The molecule has 3 unspecified atom stereocenters. The molecule has 2 rings (SSSR count). The minimum absolute atomic E-state index is 0.0304. The molecule has 1 fully saturated rings. The molecule has 0 spiro atoms. The lowest BCUT2D eigenvalue weighted by atomic mass is 9.86. The summed E-state index contributed by atoms with van der Waals surface area (Å²) < 4.78 is 5.71. The maximum Gasteiger partial charge on any atom is 0.315 e. The van der Waals surface area contributed by atoms with E-state index in [2.05, 4.69) is 10.6 Å². The zero-order valence-electron chi connectivity index (χ0n) is 13.3. The maximum absolute atomic E-state index is 12.0. The van der Waals surface area contributed by atoms with E-state index in [-0.39, 0.29) is 30.2 Å². The molecular weight excluding hydrogens is 280 g/mol. The molecule has 1 aromatic rings. The number of para-hydroxylation sites is 1. The first-order valence-corrected chi connectivity index (χ1v) is 7.90. The molecule has 3 N–H and O–H groups in total. The van der Waals surface area contributed by atoms with Gasteiger partial charge in [-0.25, -0.2) is 4.79 Å². The zero-order valence-corrected chi connectivity index (χ0v) is 13.3. The summed E-state index contributed by atoms with van der Waals surface area (Å²) in [6.45, 7) is 4.47. The topological polar surface area (TPSA) is 70.6 Å². The fourth-order valence-electron chi connectivity index (χ4n) is 2.89. The third-order valence-corrected chi connectivity index (χ3v) is 4.38. The Bertz CT molecular complexity index is 480. The molecule has 22 heavy (non-hydrogen) atoms. The lowest BCUT2D eigenvalue weighted by Gasteiger charge is -2.30. The monoisotopic (exact) mass is 306 g/mol. The second-order valence-electron chi connectivity index (χ2n) is 6.35. The number of carbonyl (C=O) groups excluding carboxylic acids is 1. The van der Waals surface area contributed by atoms with Gasteiger partial charge in [-0.15, -0.1) is 0 Å². The van der Waals surface area contributed by atoms with Gasteiger partial charge >= 0.3 is 6.03 Å². The molecule has 1 aliphatic carbocycles. The third-order valence-electron chi connectivity index (χ3n) is 4.38. The Morgan fingerprint density at radius 3 is 2.86 bits per heavy atom. The Kier molecular flexibility index (Phi) is 5.66. The summed E-state index contributed by atoms with van der Waals surface area (Å²) in [6.07, 6.45) is 2.79. The molecule has 122 valence electrons. The van der Waals surface area contributed by atoms with Crippen LogP contribution in [-0.2, 0) is 0 Å². The zero-order chi connectivity index (χ0) is 16.0. The molecule has 0 heterocycles. The summed E-state index contributed by atoms with van der Waals surface area (Å²) in [5.74, 6) is 0.792. The van der Waals surface area contributed by atoms with Gasteiger partial charge in [0.15, 0.2) is 0 Å². The van der Waals surface area contributed by atoms with Crippen molar-refractivity contribution in [1.82, 2.24) is 10.6 Å². The number of aliphatic hydroxyl groups excluding tert-OH is 1. The van der Waals surface area contributed by atoms with Gasteiger partial charge in [-0.3, -0.25) is 0 Å². The van der Waals surface area contributed by atoms with Gasteiger partial charge in [-0.1, -0.05) is 31.5 Å². The lowest BCUT2D eigenvalue weighted by molar-refractivity contribution is 0.120. The van der Waals surface area contributed by atoms with Crippen molar-refractivity contribution in [3.8, 4) is 5.75 Å². The number of urea groups is 1. The predicted octanol–water partition coefficient (Wildman–Crippen LogP) is 2.30. The molecular formula is C17H26N2O3. The van der Waals surface area contributed by atoms with Crippen LogP contribution in [0, 0.1) is 5.41 Å². The van der Waals surface area contributed by atoms with Crippen molar-refractivity contribution in [3.05, 3.63) is 30.3 Å². The van der Waals surface area contributed by atoms with Gasteiger partial charge in [0.25, 0.3) is 0 Å². The van der Waals surface area contributed by atoms with Crippen LogP contribution >= 0.6 is 0 Å². The number of carbonyl (C=O) groups is 1. The number of amides is 2. The van der Waals surface area contributed by atoms with E-state index in [1.54, 1.807) is 0 Å². The average Bonchev–Trinajstić information content (AvgIpc) is 2.88. The Morgan fingerprint density at radius 2 is 2.18 bits per heavy atom. The van der Waals surface area contributed by atoms with E-state index >= 15 is 0 Å². The van der Waals surface area contributed by atoms with Gasteiger partial charge in [-0.2, -0.15) is 0 Å². The third kappa shape index (κ3) is 4.37. The van der Waals surface area contributed by atoms with E-state index in [4.69, 9.17) is 4.74 Å². The van der Waals surface area contributed by atoms with Crippen molar-refractivity contribution in [2.24, 2.45) is 5.41 Å². The molecule has 1 aromatic carbocycles. The summed E-state index contributed by atoms with van der Waals surface area (Å²) >= 11 is 0. The van der Waals surface area contributed by atoms with Crippen LogP contribution in [0.25, 0.3) is 0 Å². The van der Waals surface area contributed by atoms with Crippen LogP contribution in [0.1, 0.15) is 33.1 Å². The van der Waals surface area contributed by atoms with Crippen molar-refractivity contribution in [3.63, 3.8) is 0 Å². The molecule has 0 bridgehead atoms. The molecule has 0 radical (unpaired) electrons. The first-order valence-electron chi connectivity index (χ1n) is 7.90. The normalized spacial score (nSPS) is 25.5. The molecule has 0 saturated heterocycles. The Balaban J connectivity index is 1.73. The minimum atomic E-state index is -0.205. The number of ether oxygens (including phenoxy) is 1.